The molecule has 2 aromatic carbocycles. The van der Waals surface area contributed by atoms with Gasteiger partial charge in [-0.2, -0.15) is 0 Å². The fourth-order valence-corrected chi connectivity index (χ4v) is 2.56. The van der Waals surface area contributed by atoms with Crippen molar-refractivity contribution in [3.63, 3.8) is 0 Å². The lowest BCUT2D eigenvalue weighted by Gasteiger charge is -2.07. The van der Waals surface area contributed by atoms with Crippen LogP contribution in [-0.4, -0.2) is 29.8 Å². The quantitative estimate of drug-likeness (QED) is 0.692. The molecule has 0 unspecified atom stereocenters. The van der Waals surface area contributed by atoms with Gasteiger partial charge in [-0.15, -0.1) is 10.2 Å². The Balaban J connectivity index is 1.60. The maximum atomic E-state index is 12.2. The molecule has 0 atom stereocenters. The molecule has 1 amide bonds. The summed E-state index contributed by atoms with van der Waals surface area (Å²) in [6, 6.07) is 18.6. The third-order valence-electron chi connectivity index (χ3n) is 3.92. The van der Waals surface area contributed by atoms with E-state index in [-0.39, 0.29) is 5.91 Å². The van der Waals surface area contributed by atoms with Crippen molar-refractivity contribution in [1.82, 2.24) is 10.2 Å². The van der Waals surface area contributed by atoms with E-state index in [2.05, 4.69) is 15.5 Å². The van der Waals surface area contributed by atoms with E-state index in [9.17, 15) is 4.79 Å². The Kier molecular flexibility index (Phi) is 5.99. The molecule has 0 spiro atoms. The van der Waals surface area contributed by atoms with Crippen molar-refractivity contribution < 1.29 is 14.3 Å². The number of hydrogen-bond acceptors (Lipinski definition) is 5. The summed E-state index contributed by atoms with van der Waals surface area (Å²) in [4.78, 5) is 12.2. The molecule has 0 aliphatic heterocycles. The molecule has 27 heavy (non-hydrogen) atoms. The molecule has 0 bridgehead atoms. The normalized spacial score (nSPS) is 10.3. The van der Waals surface area contributed by atoms with Crippen LogP contribution in [0.25, 0.3) is 11.3 Å². The van der Waals surface area contributed by atoms with E-state index in [1.807, 2.05) is 61.5 Å². The predicted molar refractivity (Wildman–Crippen MR) is 104 cm³/mol. The molecular formula is C21H21N3O3. The molecule has 1 heterocycles. The number of rotatable bonds is 7. The second kappa shape index (κ2) is 8.80. The SMILES string of the molecule is CCOc1ccc(-c2ccc(NC(=O)Cc3ccc(OC)cc3)cc2)nn1. The van der Waals surface area contributed by atoms with E-state index in [0.717, 1.165) is 28.3 Å². The first-order chi connectivity index (χ1) is 13.2. The van der Waals surface area contributed by atoms with Crippen molar-refractivity contribution in [1.29, 1.82) is 0 Å². The minimum atomic E-state index is -0.0752. The molecule has 6 nitrogen and oxygen atoms in total. The van der Waals surface area contributed by atoms with Crippen LogP contribution in [0.15, 0.2) is 60.7 Å². The molecule has 1 aromatic heterocycles. The summed E-state index contributed by atoms with van der Waals surface area (Å²) < 4.78 is 10.4. The third kappa shape index (κ3) is 5.04. The Bertz CT molecular complexity index is 876. The van der Waals surface area contributed by atoms with E-state index in [1.165, 1.54) is 0 Å². The van der Waals surface area contributed by atoms with Crippen LogP contribution in [0.5, 0.6) is 11.6 Å². The van der Waals surface area contributed by atoms with Gasteiger partial charge in [0, 0.05) is 17.3 Å². The van der Waals surface area contributed by atoms with E-state index in [4.69, 9.17) is 9.47 Å². The third-order valence-corrected chi connectivity index (χ3v) is 3.92. The van der Waals surface area contributed by atoms with Crippen molar-refractivity contribution in [2.45, 2.75) is 13.3 Å². The van der Waals surface area contributed by atoms with Crippen LogP contribution >= 0.6 is 0 Å². The summed E-state index contributed by atoms with van der Waals surface area (Å²) >= 11 is 0. The Hall–Kier alpha value is -3.41. The van der Waals surface area contributed by atoms with Gasteiger partial charge in [0.25, 0.3) is 0 Å². The highest BCUT2D eigenvalue weighted by Crippen LogP contribution is 2.20. The minimum Gasteiger partial charge on any atom is -0.497 e. The molecule has 3 rings (SSSR count). The zero-order valence-corrected chi connectivity index (χ0v) is 15.3. The summed E-state index contributed by atoms with van der Waals surface area (Å²) in [5.41, 5.74) is 3.32. The number of nitrogens with one attached hydrogen (secondary N) is 1. The lowest BCUT2D eigenvalue weighted by atomic mass is 10.1. The zero-order chi connectivity index (χ0) is 19.1. The van der Waals surface area contributed by atoms with E-state index < -0.39 is 0 Å². The topological polar surface area (TPSA) is 73.3 Å². The number of methoxy groups -OCH3 is 1. The molecule has 0 saturated heterocycles. The highest BCUT2D eigenvalue weighted by atomic mass is 16.5. The standard InChI is InChI=1S/C21H21N3O3/c1-3-27-21-13-12-19(23-24-21)16-6-8-17(9-7-16)22-20(25)14-15-4-10-18(26-2)11-5-15/h4-13H,3,14H2,1-2H3,(H,22,25). The lowest BCUT2D eigenvalue weighted by Crippen LogP contribution is -2.14. The van der Waals surface area contributed by atoms with Crippen LogP contribution in [0.1, 0.15) is 12.5 Å². The molecule has 0 saturated carbocycles. The first-order valence-corrected chi connectivity index (χ1v) is 8.67. The number of benzene rings is 2. The number of hydrogen-bond donors (Lipinski definition) is 1. The van der Waals surface area contributed by atoms with Crippen molar-refractivity contribution in [3.05, 3.63) is 66.2 Å². The number of aromatic nitrogens is 2. The fourth-order valence-electron chi connectivity index (χ4n) is 2.56. The first-order valence-electron chi connectivity index (χ1n) is 8.67. The van der Waals surface area contributed by atoms with Crippen LogP contribution in [0.4, 0.5) is 5.69 Å². The second-order valence-corrected chi connectivity index (χ2v) is 5.84. The van der Waals surface area contributed by atoms with Crippen LogP contribution in [0, 0.1) is 0 Å². The Morgan fingerprint density at radius 3 is 2.30 bits per heavy atom. The predicted octanol–water partition coefficient (Wildman–Crippen LogP) is 3.73. The summed E-state index contributed by atoms with van der Waals surface area (Å²) in [5.74, 6) is 1.20. The van der Waals surface area contributed by atoms with Gasteiger partial charge in [-0.1, -0.05) is 24.3 Å². The number of carbonyl (C=O) groups excluding carboxylic acids is 1. The lowest BCUT2D eigenvalue weighted by molar-refractivity contribution is -0.115. The molecule has 138 valence electrons. The number of nitrogens with zero attached hydrogens (tertiary/aromatic N) is 2. The van der Waals surface area contributed by atoms with Crippen molar-refractivity contribution in [2.24, 2.45) is 0 Å². The molecule has 3 aromatic rings. The number of amides is 1. The van der Waals surface area contributed by atoms with Crippen LogP contribution in [-0.2, 0) is 11.2 Å². The van der Waals surface area contributed by atoms with Gasteiger partial charge < -0.3 is 14.8 Å². The maximum absolute atomic E-state index is 12.2. The van der Waals surface area contributed by atoms with Gasteiger partial charge in [-0.25, -0.2) is 0 Å². The van der Waals surface area contributed by atoms with Gasteiger partial charge in [-0.05, 0) is 42.8 Å². The molecule has 1 N–H and O–H groups in total. The first kappa shape index (κ1) is 18.4. The maximum Gasteiger partial charge on any atom is 0.233 e. The van der Waals surface area contributed by atoms with Crippen LogP contribution in [0.2, 0.25) is 0 Å². The molecule has 0 fully saturated rings. The van der Waals surface area contributed by atoms with Crippen LogP contribution in [0.3, 0.4) is 0 Å². The molecular weight excluding hydrogens is 342 g/mol. The van der Waals surface area contributed by atoms with Crippen LogP contribution < -0.4 is 14.8 Å². The van der Waals surface area contributed by atoms with Gasteiger partial charge in [-0.3, -0.25) is 4.79 Å². The highest BCUT2D eigenvalue weighted by Gasteiger charge is 2.06. The summed E-state index contributed by atoms with van der Waals surface area (Å²) in [5, 5.41) is 11.1. The minimum absolute atomic E-state index is 0.0752. The number of carbonyl (C=O) groups is 1. The Morgan fingerprint density at radius 2 is 1.70 bits per heavy atom. The number of anilines is 1. The average Bonchev–Trinajstić information content (AvgIpc) is 2.70. The fraction of sp³-hybridized carbons (Fsp3) is 0.190. The Morgan fingerprint density at radius 1 is 0.963 bits per heavy atom. The monoisotopic (exact) mass is 363 g/mol. The molecule has 6 heteroatoms. The van der Waals surface area contributed by atoms with E-state index >= 15 is 0 Å². The van der Waals surface area contributed by atoms with Gasteiger partial charge in [0.1, 0.15) is 5.75 Å². The Labute approximate surface area is 158 Å². The molecule has 0 aliphatic carbocycles. The molecule has 0 aliphatic rings. The van der Waals surface area contributed by atoms with Crippen molar-refractivity contribution in [2.75, 3.05) is 19.0 Å². The van der Waals surface area contributed by atoms with Crippen molar-refractivity contribution in [3.8, 4) is 22.9 Å². The van der Waals surface area contributed by atoms with Gasteiger partial charge in [0.2, 0.25) is 11.8 Å². The number of ether oxygens (including phenoxy) is 2. The largest absolute Gasteiger partial charge is 0.497 e. The summed E-state index contributed by atoms with van der Waals surface area (Å²) in [6.07, 6.45) is 0.302. The van der Waals surface area contributed by atoms with Gasteiger partial charge in [0.15, 0.2) is 0 Å². The summed E-state index contributed by atoms with van der Waals surface area (Å²) in [7, 11) is 1.62. The zero-order valence-electron chi connectivity index (χ0n) is 15.3. The smallest absolute Gasteiger partial charge is 0.233 e. The van der Waals surface area contributed by atoms with E-state index in [1.54, 1.807) is 13.2 Å². The average molecular weight is 363 g/mol. The second-order valence-electron chi connectivity index (χ2n) is 5.84. The van der Waals surface area contributed by atoms with Gasteiger partial charge in [0.05, 0.1) is 25.8 Å². The van der Waals surface area contributed by atoms with Gasteiger partial charge >= 0.3 is 0 Å². The van der Waals surface area contributed by atoms with Crippen molar-refractivity contribution >= 4 is 11.6 Å². The summed E-state index contributed by atoms with van der Waals surface area (Å²) in [6.45, 7) is 2.45. The van der Waals surface area contributed by atoms with E-state index in [0.29, 0.717) is 18.9 Å². The molecule has 0 radical (unpaired) electrons. The highest BCUT2D eigenvalue weighted by molar-refractivity contribution is 5.92.